The van der Waals surface area contributed by atoms with E-state index in [4.69, 9.17) is 4.74 Å². The topological polar surface area (TPSA) is 66.9 Å². The molecular formula is C28H36N2O4. The number of carbonyl (C=O) groups excluding carboxylic acids is 3. The number of allylic oxidation sites excluding steroid dienone is 2. The summed E-state index contributed by atoms with van der Waals surface area (Å²) in [7, 11) is 0. The molecule has 0 aromatic heterocycles. The molecule has 0 saturated carbocycles. The fourth-order valence-electron chi connectivity index (χ4n) is 3.86. The van der Waals surface area contributed by atoms with Crippen molar-refractivity contribution in [1.82, 2.24) is 9.80 Å². The number of nitrogens with zero attached hydrogens (tertiary/aromatic N) is 2. The molecule has 2 aliphatic heterocycles. The van der Waals surface area contributed by atoms with Crippen LogP contribution in [0.1, 0.15) is 63.8 Å². The molecule has 1 saturated heterocycles. The Morgan fingerprint density at radius 2 is 1.56 bits per heavy atom. The Morgan fingerprint density at radius 1 is 0.971 bits per heavy atom. The predicted molar refractivity (Wildman–Crippen MR) is 134 cm³/mol. The first-order valence-corrected chi connectivity index (χ1v) is 12.0. The van der Waals surface area contributed by atoms with Gasteiger partial charge in [0.1, 0.15) is 0 Å². The highest BCUT2D eigenvalue weighted by atomic mass is 16.6. The van der Waals surface area contributed by atoms with Crippen LogP contribution in [0.3, 0.4) is 0 Å². The number of cyclic esters (lactones) is 1. The smallest absolute Gasteiger partial charge is 0.418 e. The minimum absolute atomic E-state index is 0.421. The van der Waals surface area contributed by atoms with Crippen molar-refractivity contribution in [3.05, 3.63) is 83.4 Å². The lowest BCUT2D eigenvalue weighted by Crippen LogP contribution is -2.44. The van der Waals surface area contributed by atoms with E-state index in [1.54, 1.807) is 11.8 Å². The summed E-state index contributed by atoms with van der Waals surface area (Å²) >= 11 is 0. The van der Waals surface area contributed by atoms with Gasteiger partial charge in [-0.05, 0) is 50.3 Å². The number of carbonyl (C=O) groups is 3. The Bertz CT molecular complexity index is 983. The first-order chi connectivity index (χ1) is 16.5. The molecule has 1 fully saturated rings. The summed E-state index contributed by atoms with van der Waals surface area (Å²) in [5, 5.41) is 0. The maximum absolute atomic E-state index is 13.0. The molecule has 2 aliphatic rings. The van der Waals surface area contributed by atoms with Gasteiger partial charge in [0.2, 0.25) is 0 Å². The number of rotatable bonds is 3. The van der Waals surface area contributed by atoms with Gasteiger partial charge in [-0.2, -0.15) is 0 Å². The van der Waals surface area contributed by atoms with E-state index >= 15 is 0 Å². The van der Waals surface area contributed by atoms with Crippen molar-refractivity contribution in [2.24, 2.45) is 0 Å². The maximum atomic E-state index is 13.0. The molecule has 6 nitrogen and oxygen atoms in total. The third-order valence-corrected chi connectivity index (χ3v) is 5.77. The number of ether oxygens (including phenoxy) is 1. The Hall–Kier alpha value is -3.41. The summed E-state index contributed by atoms with van der Waals surface area (Å²) in [6.07, 6.45) is 3.52. The molecule has 0 aliphatic carbocycles. The van der Waals surface area contributed by atoms with Gasteiger partial charge in [-0.3, -0.25) is 9.59 Å². The van der Waals surface area contributed by atoms with Crippen molar-refractivity contribution < 1.29 is 19.1 Å². The zero-order valence-electron chi connectivity index (χ0n) is 20.9. The van der Waals surface area contributed by atoms with E-state index in [-0.39, 0.29) is 0 Å². The van der Waals surface area contributed by atoms with Gasteiger partial charge in [0.15, 0.2) is 0 Å². The van der Waals surface area contributed by atoms with E-state index in [2.05, 4.69) is 6.07 Å². The Kier molecular flexibility index (Phi) is 10.5. The van der Waals surface area contributed by atoms with Gasteiger partial charge in [-0.15, -0.1) is 0 Å². The van der Waals surface area contributed by atoms with Crippen molar-refractivity contribution >= 4 is 17.9 Å². The van der Waals surface area contributed by atoms with Crippen LogP contribution in [0.15, 0.2) is 66.7 Å². The highest BCUT2D eigenvalue weighted by Crippen LogP contribution is 2.28. The van der Waals surface area contributed by atoms with Crippen LogP contribution in [0.5, 0.6) is 0 Å². The maximum Gasteiger partial charge on any atom is 0.418 e. The average Bonchev–Trinajstić information content (AvgIpc) is 3.04. The molecule has 0 spiro atoms. The molecule has 182 valence electrons. The number of fused-ring (bicyclic) bond motifs is 1. The van der Waals surface area contributed by atoms with Gasteiger partial charge < -0.3 is 9.64 Å². The van der Waals surface area contributed by atoms with Crippen LogP contribution in [0.4, 0.5) is 4.79 Å². The molecule has 2 aromatic carbocycles. The van der Waals surface area contributed by atoms with Crippen molar-refractivity contribution in [2.75, 3.05) is 6.54 Å². The fourth-order valence-corrected chi connectivity index (χ4v) is 3.86. The Labute approximate surface area is 203 Å². The van der Waals surface area contributed by atoms with Crippen molar-refractivity contribution in [3.63, 3.8) is 0 Å². The van der Waals surface area contributed by atoms with Crippen LogP contribution in [0.2, 0.25) is 0 Å². The molecule has 0 bridgehead atoms. The van der Waals surface area contributed by atoms with E-state index in [0.717, 1.165) is 28.9 Å². The largest absolute Gasteiger partial charge is 0.425 e. The summed E-state index contributed by atoms with van der Waals surface area (Å²) < 4.78 is 5.22. The lowest BCUT2D eigenvalue weighted by Gasteiger charge is -2.23. The average molecular weight is 465 g/mol. The molecule has 6 heteroatoms. The summed E-state index contributed by atoms with van der Waals surface area (Å²) in [6.45, 7) is 10.7. The van der Waals surface area contributed by atoms with Crippen molar-refractivity contribution in [2.45, 2.75) is 66.2 Å². The number of hydrogen-bond donors (Lipinski definition) is 0. The summed E-state index contributed by atoms with van der Waals surface area (Å²) in [4.78, 5) is 40.9. The normalized spacial score (nSPS) is 18.1. The number of benzene rings is 2. The molecule has 0 N–H and O–H groups in total. The molecule has 1 unspecified atom stereocenters. The van der Waals surface area contributed by atoms with Gasteiger partial charge in [0.05, 0.1) is 6.04 Å². The third kappa shape index (κ3) is 6.34. The summed E-state index contributed by atoms with van der Waals surface area (Å²) in [5.41, 5.74) is 3.09. The monoisotopic (exact) mass is 464 g/mol. The molecule has 2 heterocycles. The van der Waals surface area contributed by atoms with Crippen LogP contribution < -0.4 is 0 Å². The second-order valence-corrected chi connectivity index (χ2v) is 7.86. The molecule has 34 heavy (non-hydrogen) atoms. The van der Waals surface area contributed by atoms with E-state index < -0.39 is 30.1 Å². The minimum Gasteiger partial charge on any atom is -0.425 e. The quantitative estimate of drug-likeness (QED) is 0.433. The first-order valence-electron chi connectivity index (χ1n) is 12.0. The number of aryl methyl sites for hydroxylation is 1. The second-order valence-electron chi connectivity index (χ2n) is 7.86. The van der Waals surface area contributed by atoms with E-state index in [0.29, 0.717) is 13.1 Å². The number of imide groups is 1. The Morgan fingerprint density at radius 3 is 2.18 bits per heavy atom. The van der Waals surface area contributed by atoms with Crippen LogP contribution in [0, 0.1) is 0 Å². The lowest BCUT2D eigenvalue weighted by atomic mass is 10.0. The van der Waals surface area contributed by atoms with Gasteiger partial charge in [-0.25, -0.2) is 9.69 Å². The molecule has 0 radical (unpaired) electrons. The highest BCUT2D eigenvalue weighted by molar-refractivity contribution is 6.12. The predicted octanol–water partition coefficient (Wildman–Crippen LogP) is 5.68. The Balaban J connectivity index is 0.000000618. The standard InChI is InChI=1S/C22H22N2O4.C4H8.C2H6/c1-15(16-8-3-2-4-9-16)24-21(26)19(28-22(24)27)20(25)23-13-7-12-17-10-5-6-11-18(17)14-23;1-3-4-2;1-2/h2-6,8-11,15,19H,7,12-14H2,1H3;3-4H,1-2H3;1-2H3/b;4-3+;/t15-,19?;;/m1../s1. The third-order valence-electron chi connectivity index (χ3n) is 5.77. The van der Waals surface area contributed by atoms with Crippen LogP contribution in [-0.4, -0.2) is 40.4 Å². The number of amides is 3. The fraction of sp³-hybridized carbons (Fsp3) is 0.393. The van der Waals surface area contributed by atoms with Gasteiger partial charge in [-0.1, -0.05) is 80.6 Å². The van der Waals surface area contributed by atoms with E-state index in [9.17, 15) is 14.4 Å². The first kappa shape index (κ1) is 26.8. The van der Waals surface area contributed by atoms with Crippen LogP contribution >= 0.6 is 0 Å². The minimum atomic E-state index is -1.40. The van der Waals surface area contributed by atoms with Gasteiger partial charge >= 0.3 is 6.09 Å². The molecule has 2 atom stereocenters. The molecule has 2 aromatic rings. The zero-order valence-corrected chi connectivity index (χ0v) is 20.9. The molecule has 3 amide bonds. The van der Waals surface area contributed by atoms with E-state index in [1.807, 2.05) is 88.4 Å². The van der Waals surface area contributed by atoms with E-state index in [1.165, 1.54) is 5.56 Å². The van der Waals surface area contributed by atoms with Crippen molar-refractivity contribution in [3.8, 4) is 0 Å². The second kappa shape index (κ2) is 13.3. The van der Waals surface area contributed by atoms with Gasteiger partial charge in [0, 0.05) is 13.1 Å². The molecular weight excluding hydrogens is 428 g/mol. The summed E-state index contributed by atoms with van der Waals surface area (Å²) in [5.74, 6) is -1.04. The summed E-state index contributed by atoms with van der Waals surface area (Å²) in [6, 6.07) is 16.7. The number of hydrogen-bond acceptors (Lipinski definition) is 4. The van der Waals surface area contributed by atoms with Crippen LogP contribution in [-0.2, 0) is 27.3 Å². The van der Waals surface area contributed by atoms with Crippen LogP contribution in [0.25, 0.3) is 0 Å². The SMILES string of the molecule is C/C=C/C.CC.C[C@H](c1ccccc1)N1C(=O)OC(C(=O)N2CCCc3ccccc3C2)C1=O. The lowest BCUT2D eigenvalue weighted by molar-refractivity contribution is -0.146. The van der Waals surface area contributed by atoms with Gasteiger partial charge in [0.25, 0.3) is 17.9 Å². The highest BCUT2D eigenvalue weighted by Gasteiger charge is 2.48. The molecule has 4 rings (SSSR count). The zero-order chi connectivity index (χ0) is 25.1. The van der Waals surface area contributed by atoms with Crippen molar-refractivity contribution in [1.29, 1.82) is 0 Å².